The smallest absolute Gasteiger partial charge is 0.130 e. The molecule has 276 valence electrons. The molecule has 0 aromatic heterocycles. The van der Waals surface area contributed by atoms with E-state index >= 15 is 0 Å². The predicted molar refractivity (Wildman–Crippen MR) is 209 cm³/mol. The van der Waals surface area contributed by atoms with Gasteiger partial charge in [-0.05, 0) is 147 Å². The molecule has 4 aromatic carbocycles. The molecule has 53 heavy (non-hydrogen) atoms. The van der Waals surface area contributed by atoms with Gasteiger partial charge in [0, 0.05) is 74.6 Å². The van der Waals surface area contributed by atoms with E-state index in [1.165, 1.54) is 86.2 Å². The van der Waals surface area contributed by atoms with Crippen molar-refractivity contribution in [1.82, 2.24) is 9.80 Å². The minimum absolute atomic E-state index is 0.244. The number of rotatable bonds is 10. The lowest BCUT2D eigenvalue weighted by atomic mass is 9.88. The summed E-state index contributed by atoms with van der Waals surface area (Å²) in [5.41, 5.74) is 11.0. The Labute approximate surface area is 313 Å². The number of anilines is 2. The molecule has 0 spiro atoms. The van der Waals surface area contributed by atoms with Crippen molar-refractivity contribution in [2.75, 3.05) is 62.2 Å². The molecule has 0 bridgehead atoms. The van der Waals surface area contributed by atoms with Gasteiger partial charge in [-0.2, -0.15) is 0 Å². The number of nitrogens with zero attached hydrogens (tertiary/aromatic N) is 4. The van der Waals surface area contributed by atoms with Crippen molar-refractivity contribution in [2.24, 2.45) is 0 Å². The van der Waals surface area contributed by atoms with E-state index in [1.54, 1.807) is 35.4 Å². The lowest BCUT2D eigenvalue weighted by Gasteiger charge is -2.40. The highest BCUT2D eigenvalue weighted by Crippen LogP contribution is 2.49. The predicted octanol–water partition coefficient (Wildman–Crippen LogP) is 8.87. The number of piperidine rings is 2. The molecule has 6 aliphatic rings. The molecule has 0 unspecified atom stereocenters. The number of fused-ring (bicyclic) bond motifs is 6. The van der Waals surface area contributed by atoms with E-state index in [4.69, 9.17) is 4.74 Å². The standard InChI is InChI=1S/C46H52F2N4O/c47-35-15-17-43(33(27-35)11-3-21-49-25-19-41-39(29-49)37-13-1-7-31-9-5-23-51(41)45(31)37)53-44-18-16-36(48)28-34(44)12-4-22-50-26-20-42-40(30-50)38-14-2-8-32-10-6-24-52(42)46(32)38/h1-2,7-8,13-18,27-28,39-42H,3-6,9-12,19-26,29-30H2/t39-,40-,41-,42-/m1/s1. The molecule has 10 rings (SSSR count). The summed E-state index contributed by atoms with van der Waals surface area (Å²) < 4.78 is 35.8. The third-order valence-corrected chi connectivity index (χ3v) is 13.6. The summed E-state index contributed by atoms with van der Waals surface area (Å²) in [5.74, 6) is 2.01. The number of benzene rings is 4. The van der Waals surface area contributed by atoms with Crippen molar-refractivity contribution in [3.8, 4) is 11.5 Å². The molecule has 0 N–H and O–H groups in total. The van der Waals surface area contributed by atoms with Crippen LogP contribution in [0.3, 0.4) is 0 Å². The highest BCUT2D eigenvalue weighted by atomic mass is 19.1. The van der Waals surface area contributed by atoms with Crippen LogP contribution in [0.25, 0.3) is 0 Å². The molecule has 2 saturated heterocycles. The maximum atomic E-state index is 14.6. The zero-order valence-electron chi connectivity index (χ0n) is 30.9. The maximum Gasteiger partial charge on any atom is 0.130 e. The first-order valence-electron chi connectivity index (χ1n) is 20.5. The van der Waals surface area contributed by atoms with Crippen molar-refractivity contribution in [3.63, 3.8) is 0 Å². The van der Waals surface area contributed by atoms with Crippen LogP contribution in [0.5, 0.6) is 11.5 Å². The third kappa shape index (κ3) is 6.22. The van der Waals surface area contributed by atoms with Crippen molar-refractivity contribution in [2.45, 2.75) is 88.1 Å². The van der Waals surface area contributed by atoms with Gasteiger partial charge < -0.3 is 24.3 Å². The number of para-hydroxylation sites is 2. The first kappa shape index (κ1) is 33.6. The van der Waals surface area contributed by atoms with Crippen molar-refractivity contribution in [3.05, 3.63) is 118 Å². The van der Waals surface area contributed by atoms with Crippen LogP contribution in [0.4, 0.5) is 20.2 Å². The van der Waals surface area contributed by atoms with Crippen LogP contribution < -0.4 is 14.5 Å². The Morgan fingerprint density at radius 2 is 1.08 bits per heavy atom. The molecular formula is C46H52F2N4O. The summed E-state index contributed by atoms with van der Waals surface area (Å²) in [6.45, 7) is 8.76. The monoisotopic (exact) mass is 714 g/mol. The average molecular weight is 715 g/mol. The van der Waals surface area contributed by atoms with Gasteiger partial charge in [-0.1, -0.05) is 36.4 Å². The number of hydrogen-bond acceptors (Lipinski definition) is 5. The van der Waals surface area contributed by atoms with Gasteiger partial charge in [0.05, 0.1) is 0 Å². The number of halogens is 2. The summed E-state index contributed by atoms with van der Waals surface area (Å²) >= 11 is 0. The summed E-state index contributed by atoms with van der Waals surface area (Å²) in [6, 6.07) is 24.9. The fourth-order valence-corrected chi connectivity index (χ4v) is 11.3. The minimum Gasteiger partial charge on any atom is -0.457 e. The van der Waals surface area contributed by atoms with Crippen molar-refractivity contribution in [1.29, 1.82) is 0 Å². The van der Waals surface area contributed by atoms with Gasteiger partial charge in [0.25, 0.3) is 0 Å². The lowest BCUT2D eigenvalue weighted by molar-refractivity contribution is 0.191. The Morgan fingerprint density at radius 1 is 0.585 bits per heavy atom. The van der Waals surface area contributed by atoms with Gasteiger partial charge in [-0.25, -0.2) is 8.78 Å². The fourth-order valence-electron chi connectivity index (χ4n) is 11.3. The quantitative estimate of drug-likeness (QED) is 0.163. The molecule has 0 aliphatic carbocycles. The highest BCUT2D eigenvalue weighted by molar-refractivity contribution is 5.69. The number of ether oxygens (including phenoxy) is 1. The lowest BCUT2D eigenvalue weighted by Crippen LogP contribution is -2.47. The Morgan fingerprint density at radius 3 is 1.57 bits per heavy atom. The molecule has 4 atom stereocenters. The van der Waals surface area contributed by atoms with E-state index in [0.29, 0.717) is 35.4 Å². The summed E-state index contributed by atoms with van der Waals surface area (Å²) in [5, 5.41) is 0. The van der Waals surface area contributed by atoms with E-state index in [1.807, 2.05) is 0 Å². The Kier molecular flexibility index (Phi) is 8.91. The topological polar surface area (TPSA) is 22.2 Å². The van der Waals surface area contributed by atoms with Gasteiger partial charge in [0.2, 0.25) is 0 Å². The second-order valence-electron chi connectivity index (χ2n) is 16.6. The van der Waals surface area contributed by atoms with Crippen LogP contribution in [0.1, 0.15) is 83.7 Å². The van der Waals surface area contributed by atoms with Gasteiger partial charge in [-0.15, -0.1) is 0 Å². The van der Waals surface area contributed by atoms with E-state index in [0.717, 1.165) is 76.1 Å². The molecule has 0 amide bonds. The molecule has 6 heterocycles. The zero-order valence-corrected chi connectivity index (χ0v) is 30.9. The molecule has 0 radical (unpaired) electrons. The van der Waals surface area contributed by atoms with Crippen molar-refractivity contribution < 1.29 is 13.5 Å². The van der Waals surface area contributed by atoms with Gasteiger partial charge >= 0.3 is 0 Å². The highest BCUT2D eigenvalue weighted by Gasteiger charge is 2.44. The average Bonchev–Trinajstić information content (AvgIpc) is 3.68. The SMILES string of the molecule is Fc1ccc(Oc2ccc(F)cc2CCCN2CC[C@@H]3[C@H](C2)c2cccc4c2N3CCC4)c(CCCN2CC[C@@H]3[C@H](C2)c2cccc4c2N3CCC4)c1. The Balaban J connectivity index is 0.768. The van der Waals surface area contributed by atoms with Gasteiger partial charge in [0.1, 0.15) is 23.1 Å². The molecule has 7 heteroatoms. The maximum absolute atomic E-state index is 14.6. The molecule has 6 aliphatic heterocycles. The van der Waals surface area contributed by atoms with Gasteiger partial charge in [0.15, 0.2) is 0 Å². The molecule has 2 fully saturated rings. The molecule has 4 aromatic rings. The molecule has 5 nitrogen and oxygen atoms in total. The fraction of sp³-hybridized carbons (Fsp3) is 0.478. The number of aryl methyl sites for hydroxylation is 4. The Hall–Kier alpha value is -3.94. The van der Waals surface area contributed by atoms with E-state index in [-0.39, 0.29) is 11.6 Å². The second kappa shape index (κ2) is 14.0. The summed E-state index contributed by atoms with van der Waals surface area (Å²) in [4.78, 5) is 10.7. The largest absolute Gasteiger partial charge is 0.457 e. The van der Waals surface area contributed by atoms with Crippen LogP contribution >= 0.6 is 0 Å². The minimum atomic E-state index is -0.244. The number of likely N-dealkylation sites (tertiary alicyclic amines) is 2. The summed E-state index contributed by atoms with van der Waals surface area (Å²) in [6.07, 6.45) is 10.7. The van der Waals surface area contributed by atoms with Crippen LogP contribution in [0, 0.1) is 11.6 Å². The van der Waals surface area contributed by atoms with Crippen LogP contribution in [0.15, 0.2) is 72.8 Å². The van der Waals surface area contributed by atoms with Gasteiger partial charge in [-0.3, -0.25) is 0 Å². The first-order chi connectivity index (χ1) is 26.1. The third-order valence-electron chi connectivity index (χ3n) is 13.6. The van der Waals surface area contributed by atoms with Crippen LogP contribution in [-0.2, 0) is 25.7 Å². The zero-order chi connectivity index (χ0) is 35.5. The number of hydrogen-bond donors (Lipinski definition) is 0. The van der Waals surface area contributed by atoms with E-state index in [9.17, 15) is 8.78 Å². The molecular weight excluding hydrogens is 663 g/mol. The van der Waals surface area contributed by atoms with Crippen LogP contribution in [0.2, 0.25) is 0 Å². The summed E-state index contributed by atoms with van der Waals surface area (Å²) in [7, 11) is 0. The van der Waals surface area contributed by atoms with E-state index < -0.39 is 0 Å². The Bertz CT molecular complexity index is 1860. The second-order valence-corrected chi connectivity index (χ2v) is 16.6. The van der Waals surface area contributed by atoms with Crippen molar-refractivity contribution >= 4 is 11.4 Å². The first-order valence-corrected chi connectivity index (χ1v) is 20.5. The normalized spacial score (nSPS) is 24.5. The van der Waals surface area contributed by atoms with E-state index in [2.05, 4.69) is 56.0 Å². The molecule has 0 saturated carbocycles. The van der Waals surface area contributed by atoms with Crippen LogP contribution in [-0.4, -0.2) is 74.2 Å².